The first-order valence-corrected chi connectivity index (χ1v) is 11.2. The molecule has 0 spiro atoms. The van der Waals surface area contributed by atoms with Crippen LogP contribution in [-0.4, -0.2) is 66.2 Å². The minimum atomic E-state index is -1.04. The maximum absolute atomic E-state index is 12.9. The van der Waals surface area contributed by atoms with Crippen molar-refractivity contribution in [3.05, 3.63) is 59.2 Å². The van der Waals surface area contributed by atoms with Gasteiger partial charge in [0.25, 0.3) is 0 Å². The number of para-hydroxylation sites is 1. The predicted octanol–water partition coefficient (Wildman–Crippen LogP) is 3.94. The number of hydrogen-bond donors (Lipinski definition) is 2. The molecular weight excluding hydrogens is 415 g/mol. The Morgan fingerprint density at radius 3 is 2.50 bits per heavy atom. The molecule has 0 saturated carbocycles. The van der Waals surface area contributed by atoms with E-state index in [4.69, 9.17) is 4.74 Å². The van der Waals surface area contributed by atoms with Crippen LogP contribution in [0.1, 0.15) is 67.1 Å². The Kier molecular flexibility index (Phi) is 10.6. The predicted molar refractivity (Wildman–Crippen MR) is 129 cm³/mol. The number of carboxylic acid groups (broad SMARTS) is 1. The number of benzene rings is 2. The zero-order chi connectivity index (χ0) is 22.2. The summed E-state index contributed by atoms with van der Waals surface area (Å²) < 4.78 is 5.46. The summed E-state index contributed by atoms with van der Waals surface area (Å²) in [6.45, 7) is 6.40. The van der Waals surface area contributed by atoms with E-state index >= 15 is 0 Å². The third kappa shape index (κ3) is 6.74. The van der Waals surface area contributed by atoms with Gasteiger partial charge in [0.2, 0.25) is 5.91 Å². The molecular formula is C25H33N2NaO4. The molecule has 2 aromatic carbocycles. The molecule has 2 aromatic rings. The van der Waals surface area contributed by atoms with E-state index in [1.165, 1.54) is 24.6 Å². The summed E-state index contributed by atoms with van der Waals surface area (Å²) in [6, 6.07) is 13.1. The molecule has 7 heteroatoms. The number of amides is 1. The molecule has 2 N–H and O–H groups in total. The van der Waals surface area contributed by atoms with Crippen molar-refractivity contribution in [1.29, 1.82) is 0 Å². The normalized spacial score (nSPS) is 13.9. The molecule has 1 unspecified atom stereocenters. The van der Waals surface area contributed by atoms with E-state index in [0.29, 0.717) is 12.4 Å². The van der Waals surface area contributed by atoms with Gasteiger partial charge in [0.1, 0.15) is 11.3 Å². The van der Waals surface area contributed by atoms with Crippen LogP contribution in [0.3, 0.4) is 0 Å². The molecule has 1 fully saturated rings. The molecule has 0 aromatic heterocycles. The van der Waals surface area contributed by atoms with Crippen LogP contribution in [0.4, 0.5) is 5.69 Å². The van der Waals surface area contributed by atoms with Gasteiger partial charge in [0.05, 0.1) is 19.1 Å². The maximum atomic E-state index is 12.9. The first-order chi connectivity index (χ1) is 15.0. The van der Waals surface area contributed by atoms with Crippen molar-refractivity contribution in [2.45, 2.75) is 52.0 Å². The zero-order valence-electron chi connectivity index (χ0n) is 18.4. The molecule has 1 saturated heterocycles. The number of ether oxygens (including phenoxy) is 1. The van der Waals surface area contributed by atoms with E-state index < -0.39 is 5.97 Å². The third-order valence-corrected chi connectivity index (χ3v) is 5.61. The van der Waals surface area contributed by atoms with Crippen LogP contribution in [0.5, 0.6) is 5.75 Å². The Morgan fingerprint density at radius 1 is 1.12 bits per heavy atom. The average molecular weight is 449 g/mol. The van der Waals surface area contributed by atoms with Gasteiger partial charge in [0.15, 0.2) is 0 Å². The van der Waals surface area contributed by atoms with E-state index in [1.807, 2.05) is 6.07 Å². The summed E-state index contributed by atoms with van der Waals surface area (Å²) in [7, 11) is 0. The van der Waals surface area contributed by atoms with Gasteiger partial charge < -0.3 is 20.1 Å². The quantitative estimate of drug-likeness (QED) is 0.539. The number of carbonyl (C=O) groups excluding carboxylic acids is 1. The Labute approximate surface area is 212 Å². The van der Waals surface area contributed by atoms with Crippen LogP contribution in [0, 0.1) is 0 Å². The summed E-state index contributed by atoms with van der Waals surface area (Å²) in [5.74, 6) is -0.828. The van der Waals surface area contributed by atoms with Gasteiger partial charge in [-0.3, -0.25) is 4.79 Å². The summed E-state index contributed by atoms with van der Waals surface area (Å²) in [4.78, 5) is 26.7. The van der Waals surface area contributed by atoms with E-state index in [-0.39, 0.29) is 53.5 Å². The summed E-state index contributed by atoms with van der Waals surface area (Å²) in [5.41, 5.74) is 3.21. The second-order valence-corrected chi connectivity index (χ2v) is 7.91. The Hall–Kier alpha value is -2.02. The van der Waals surface area contributed by atoms with Crippen molar-refractivity contribution < 1.29 is 19.4 Å². The third-order valence-electron chi connectivity index (χ3n) is 5.61. The first kappa shape index (κ1) is 26.2. The molecule has 1 atom stereocenters. The van der Waals surface area contributed by atoms with Crippen LogP contribution in [0.2, 0.25) is 0 Å². The molecule has 6 nitrogen and oxygen atoms in total. The number of hydrogen-bond acceptors (Lipinski definition) is 4. The van der Waals surface area contributed by atoms with E-state index in [9.17, 15) is 14.7 Å². The minimum absolute atomic E-state index is 0. The molecule has 1 aliphatic rings. The van der Waals surface area contributed by atoms with Crippen LogP contribution >= 0.6 is 0 Å². The number of carbonyl (C=O) groups is 2. The van der Waals surface area contributed by atoms with Crippen molar-refractivity contribution in [2.24, 2.45) is 0 Å². The Bertz CT molecular complexity index is 913. The number of aromatic carboxylic acids is 1. The van der Waals surface area contributed by atoms with Crippen LogP contribution in [-0.2, 0) is 11.2 Å². The molecule has 3 rings (SSSR count). The molecule has 0 bridgehead atoms. The van der Waals surface area contributed by atoms with Gasteiger partial charge in [-0.15, -0.1) is 0 Å². The summed E-state index contributed by atoms with van der Waals surface area (Å²) in [5, 5.41) is 12.5. The van der Waals surface area contributed by atoms with Crippen molar-refractivity contribution >= 4 is 47.1 Å². The van der Waals surface area contributed by atoms with Crippen molar-refractivity contribution in [3.63, 3.8) is 0 Å². The molecule has 32 heavy (non-hydrogen) atoms. The second-order valence-electron chi connectivity index (χ2n) is 7.91. The van der Waals surface area contributed by atoms with Crippen LogP contribution in [0.15, 0.2) is 42.5 Å². The van der Waals surface area contributed by atoms with Gasteiger partial charge >= 0.3 is 35.5 Å². The fourth-order valence-corrected chi connectivity index (χ4v) is 4.18. The summed E-state index contributed by atoms with van der Waals surface area (Å²) in [6.07, 6.45) is 4.40. The number of rotatable bonds is 10. The number of nitrogens with zero attached hydrogens (tertiary/aromatic N) is 1. The van der Waals surface area contributed by atoms with E-state index in [0.717, 1.165) is 37.1 Å². The molecule has 0 aliphatic carbocycles. The van der Waals surface area contributed by atoms with Gasteiger partial charge in [-0.25, -0.2) is 4.79 Å². The van der Waals surface area contributed by atoms with Gasteiger partial charge in [0, 0.05) is 18.8 Å². The van der Waals surface area contributed by atoms with E-state index in [1.54, 1.807) is 19.1 Å². The number of anilines is 1. The fourth-order valence-electron chi connectivity index (χ4n) is 4.18. The topological polar surface area (TPSA) is 78.9 Å². The van der Waals surface area contributed by atoms with Gasteiger partial charge in [-0.05, 0) is 55.5 Å². The van der Waals surface area contributed by atoms with Gasteiger partial charge in [-0.1, -0.05) is 37.6 Å². The van der Waals surface area contributed by atoms with Crippen LogP contribution < -0.4 is 15.0 Å². The van der Waals surface area contributed by atoms with E-state index in [2.05, 4.69) is 35.3 Å². The van der Waals surface area contributed by atoms with Crippen molar-refractivity contribution in [2.75, 3.05) is 24.6 Å². The summed E-state index contributed by atoms with van der Waals surface area (Å²) >= 11 is 0. The molecule has 1 amide bonds. The standard InChI is InChI=1S/C25H32N2O4.Na.H/c1-3-9-21(19-10-5-6-11-22(19)27-14-7-8-15-27)26-24(28)17-18-12-13-20(25(29)30)23(16-18)31-4-2;;/h5-6,10-13,16,21H,3-4,7-9,14-15,17H2,1-2H3,(H,26,28)(H,29,30);;. The first-order valence-electron chi connectivity index (χ1n) is 11.2. The monoisotopic (exact) mass is 448 g/mol. The second kappa shape index (κ2) is 12.9. The molecule has 1 aliphatic heterocycles. The zero-order valence-corrected chi connectivity index (χ0v) is 18.4. The average Bonchev–Trinajstić information content (AvgIpc) is 3.28. The molecule has 1 heterocycles. The molecule has 0 radical (unpaired) electrons. The van der Waals surface area contributed by atoms with Gasteiger partial charge in [-0.2, -0.15) is 0 Å². The number of nitrogens with one attached hydrogen (secondary N) is 1. The molecule has 168 valence electrons. The fraction of sp³-hybridized carbons (Fsp3) is 0.440. The van der Waals surface area contributed by atoms with Crippen LogP contribution in [0.25, 0.3) is 0 Å². The SMILES string of the molecule is CCCC(NC(=O)Cc1ccc(C(=O)O)c(OCC)c1)c1ccccc1N1CCCC1.[NaH]. The van der Waals surface area contributed by atoms with Crippen molar-refractivity contribution in [3.8, 4) is 5.75 Å². The Balaban J connectivity index is 0.00000363. The van der Waals surface area contributed by atoms with Crippen molar-refractivity contribution in [1.82, 2.24) is 5.32 Å². The Morgan fingerprint density at radius 2 is 1.84 bits per heavy atom. The number of carboxylic acids is 1.